The third-order valence-electron chi connectivity index (χ3n) is 3.93. The largest absolute Gasteiger partial charge is 0.353 e. The molecule has 1 saturated heterocycles. The Morgan fingerprint density at radius 1 is 1.38 bits per heavy atom. The average Bonchev–Trinajstić information content (AvgIpc) is 3.06. The summed E-state index contributed by atoms with van der Waals surface area (Å²) in [6.45, 7) is 3.40. The summed E-state index contributed by atoms with van der Waals surface area (Å²) in [6, 6.07) is 8.20. The predicted molar refractivity (Wildman–Crippen MR) is 101 cm³/mol. The van der Waals surface area contributed by atoms with Crippen molar-refractivity contribution < 1.29 is 9.47 Å². The first kappa shape index (κ1) is 17.5. The Labute approximate surface area is 156 Å². The zero-order valence-electron chi connectivity index (χ0n) is 13.7. The van der Waals surface area contributed by atoms with E-state index in [1.54, 1.807) is 6.20 Å². The van der Waals surface area contributed by atoms with Gasteiger partial charge in [-0.2, -0.15) is 0 Å². The van der Waals surface area contributed by atoms with Crippen LogP contribution in [0.3, 0.4) is 0 Å². The number of imidazole rings is 1. The molecule has 0 saturated carbocycles. The Morgan fingerprint density at radius 2 is 2.21 bits per heavy atom. The van der Waals surface area contributed by atoms with Crippen molar-refractivity contribution in [2.45, 2.75) is 45.1 Å². The van der Waals surface area contributed by atoms with Gasteiger partial charge in [0.1, 0.15) is 11.9 Å². The number of hydrogen-bond donors (Lipinski definition) is 0. The number of ether oxygens (including phenoxy) is 2. The lowest BCUT2D eigenvalue weighted by atomic mass is 10.2. The van der Waals surface area contributed by atoms with E-state index < -0.39 is 0 Å². The summed E-state index contributed by atoms with van der Waals surface area (Å²) in [5.74, 6) is 7.29. The Balaban J connectivity index is 1.61. The maximum absolute atomic E-state index is 6.00. The second-order valence-electron chi connectivity index (χ2n) is 5.80. The molecule has 0 amide bonds. The van der Waals surface area contributed by atoms with E-state index in [1.807, 2.05) is 29.8 Å². The highest BCUT2D eigenvalue weighted by molar-refractivity contribution is 14.1. The fraction of sp³-hybridized carbons (Fsp3) is 0.421. The summed E-state index contributed by atoms with van der Waals surface area (Å²) in [5, 5.41) is 0. The van der Waals surface area contributed by atoms with Gasteiger partial charge in [0.2, 0.25) is 0 Å². The van der Waals surface area contributed by atoms with Crippen molar-refractivity contribution in [1.29, 1.82) is 0 Å². The summed E-state index contributed by atoms with van der Waals surface area (Å²) >= 11 is 2.29. The first-order chi connectivity index (χ1) is 11.7. The highest BCUT2D eigenvalue weighted by atomic mass is 127. The molecule has 0 radical (unpaired) electrons. The second-order valence-corrected chi connectivity index (χ2v) is 7.04. The first-order valence-electron chi connectivity index (χ1n) is 8.25. The van der Waals surface area contributed by atoms with Crippen LogP contribution in [0.25, 0.3) is 0 Å². The number of aromatic nitrogens is 2. The quantitative estimate of drug-likeness (QED) is 0.534. The number of benzene rings is 1. The second kappa shape index (κ2) is 8.65. The molecule has 2 aromatic rings. The average molecular weight is 436 g/mol. The van der Waals surface area contributed by atoms with E-state index in [9.17, 15) is 0 Å². The van der Waals surface area contributed by atoms with Crippen LogP contribution in [-0.4, -0.2) is 22.4 Å². The summed E-state index contributed by atoms with van der Waals surface area (Å²) in [7, 11) is 0. The smallest absolute Gasteiger partial charge is 0.158 e. The number of nitrogens with zero attached hydrogens (tertiary/aromatic N) is 2. The van der Waals surface area contributed by atoms with Gasteiger partial charge in [-0.1, -0.05) is 11.8 Å². The number of halogens is 1. The van der Waals surface area contributed by atoms with Gasteiger partial charge in [-0.05, 0) is 73.0 Å². The third-order valence-corrected chi connectivity index (χ3v) is 4.65. The van der Waals surface area contributed by atoms with Crippen molar-refractivity contribution in [2.24, 2.45) is 0 Å². The lowest BCUT2D eigenvalue weighted by Crippen LogP contribution is -2.24. The van der Waals surface area contributed by atoms with Crippen LogP contribution < -0.4 is 0 Å². The Morgan fingerprint density at radius 3 is 2.96 bits per heavy atom. The molecular weight excluding hydrogens is 415 g/mol. The molecule has 24 heavy (non-hydrogen) atoms. The van der Waals surface area contributed by atoms with Crippen LogP contribution in [0.15, 0.2) is 36.7 Å². The monoisotopic (exact) mass is 436 g/mol. The topological polar surface area (TPSA) is 36.3 Å². The summed E-state index contributed by atoms with van der Waals surface area (Å²) in [6.07, 6.45) is 6.75. The maximum atomic E-state index is 6.00. The molecule has 1 aromatic carbocycles. The molecule has 0 N–H and O–H groups in total. The van der Waals surface area contributed by atoms with Gasteiger partial charge in [0.05, 0.1) is 6.54 Å². The van der Waals surface area contributed by atoms with Gasteiger partial charge >= 0.3 is 0 Å². The number of hydrogen-bond acceptors (Lipinski definition) is 3. The molecule has 0 aliphatic carbocycles. The minimum Gasteiger partial charge on any atom is -0.353 e. The van der Waals surface area contributed by atoms with Crippen molar-refractivity contribution in [3.8, 4) is 11.8 Å². The molecule has 0 spiro atoms. The molecule has 5 heteroatoms. The van der Waals surface area contributed by atoms with Crippen molar-refractivity contribution in [1.82, 2.24) is 9.55 Å². The Hall–Kier alpha value is -1.36. The van der Waals surface area contributed by atoms with E-state index in [1.165, 1.54) is 3.57 Å². The molecule has 0 bridgehead atoms. The zero-order valence-corrected chi connectivity index (χ0v) is 15.9. The van der Waals surface area contributed by atoms with Crippen LogP contribution in [0.5, 0.6) is 0 Å². The van der Waals surface area contributed by atoms with Gasteiger partial charge in [-0.25, -0.2) is 4.98 Å². The van der Waals surface area contributed by atoms with Crippen LogP contribution >= 0.6 is 22.6 Å². The van der Waals surface area contributed by atoms with Crippen molar-refractivity contribution in [3.63, 3.8) is 0 Å². The van der Waals surface area contributed by atoms with Crippen molar-refractivity contribution in [3.05, 3.63) is 51.6 Å². The Kier molecular flexibility index (Phi) is 6.30. The highest BCUT2D eigenvalue weighted by Crippen LogP contribution is 2.22. The van der Waals surface area contributed by atoms with Crippen LogP contribution in [0.1, 0.15) is 43.7 Å². The maximum Gasteiger partial charge on any atom is 0.158 e. The van der Waals surface area contributed by atoms with Gasteiger partial charge in [-0.3, -0.25) is 0 Å². The molecule has 126 valence electrons. The Bertz CT molecular complexity index is 709. The lowest BCUT2D eigenvalue weighted by molar-refractivity contribution is -0.188. The standard InChI is InChI=1S/C19H21IN2O2/c1-15(24-18-6-2-3-14-23-18)19-21-11-13-22(19)12-4-5-16-7-9-17(20)10-8-16/h7-11,13,15,18H,2-3,6,12,14H2,1H3. The molecule has 1 aromatic heterocycles. The van der Waals surface area contributed by atoms with E-state index in [0.29, 0.717) is 6.54 Å². The predicted octanol–water partition coefficient (Wildman–Crippen LogP) is 4.14. The molecule has 2 heterocycles. The van der Waals surface area contributed by atoms with Gasteiger partial charge in [0.25, 0.3) is 0 Å². The van der Waals surface area contributed by atoms with Gasteiger partial charge in [0.15, 0.2) is 6.29 Å². The van der Waals surface area contributed by atoms with Gasteiger partial charge in [-0.15, -0.1) is 0 Å². The highest BCUT2D eigenvalue weighted by Gasteiger charge is 2.20. The molecule has 2 unspecified atom stereocenters. The third kappa shape index (κ3) is 4.82. The molecule has 3 rings (SSSR count). The van der Waals surface area contributed by atoms with E-state index >= 15 is 0 Å². The van der Waals surface area contributed by atoms with E-state index in [4.69, 9.17) is 9.47 Å². The van der Waals surface area contributed by atoms with Gasteiger partial charge < -0.3 is 14.0 Å². The first-order valence-corrected chi connectivity index (χ1v) is 9.33. The fourth-order valence-corrected chi connectivity index (χ4v) is 3.04. The molecule has 1 fully saturated rings. The molecule has 2 atom stereocenters. The van der Waals surface area contributed by atoms with Crippen LogP contribution in [0.4, 0.5) is 0 Å². The van der Waals surface area contributed by atoms with Crippen LogP contribution in [0, 0.1) is 15.4 Å². The lowest BCUT2D eigenvalue weighted by Gasteiger charge is -2.25. The van der Waals surface area contributed by atoms with E-state index in [-0.39, 0.29) is 12.4 Å². The fourth-order valence-electron chi connectivity index (χ4n) is 2.68. The molecular formula is C19H21IN2O2. The summed E-state index contributed by atoms with van der Waals surface area (Å²) < 4.78 is 14.9. The minimum atomic E-state index is -0.114. The van der Waals surface area contributed by atoms with Crippen molar-refractivity contribution in [2.75, 3.05) is 6.61 Å². The van der Waals surface area contributed by atoms with Crippen molar-refractivity contribution >= 4 is 22.6 Å². The summed E-state index contributed by atoms with van der Waals surface area (Å²) in [4.78, 5) is 4.43. The molecule has 1 aliphatic rings. The molecule has 1 aliphatic heterocycles. The van der Waals surface area contributed by atoms with Gasteiger partial charge in [0, 0.05) is 28.1 Å². The SMILES string of the molecule is CC(OC1CCCCO1)c1nccn1CC#Cc1ccc(I)cc1. The normalized spacial score (nSPS) is 18.7. The zero-order chi connectivity index (χ0) is 16.8. The van der Waals surface area contributed by atoms with Crippen LogP contribution in [-0.2, 0) is 16.0 Å². The van der Waals surface area contributed by atoms with Crippen LogP contribution in [0.2, 0.25) is 0 Å². The minimum absolute atomic E-state index is 0.108. The summed E-state index contributed by atoms with van der Waals surface area (Å²) in [5.41, 5.74) is 1.02. The molecule has 4 nitrogen and oxygen atoms in total. The number of rotatable bonds is 4. The van der Waals surface area contributed by atoms with E-state index in [0.717, 1.165) is 37.3 Å². The van der Waals surface area contributed by atoms with E-state index in [2.05, 4.69) is 51.5 Å².